The van der Waals surface area contributed by atoms with E-state index in [1.807, 2.05) is 60.7 Å². The van der Waals surface area contributed by atoms with Crippen molar-refractivity contribution < 1.29 is 0 Å². The summed E-state index contributed by atoms with van der Waals surface area (Å²) in [4.78, 5) is 14.5. The molecule has 0 atom stereocenters. The molecule has 0 spiro atoms. The topological polar surface area (TPSA) is 43.6 Å². The maximum atomic E-state index is 4.87. The van der Waals surface area contributed by atoms with Crippen LogP contribution in [0.1, 0.15) is 11.1 Å². The second-order valence-electron chi connectivity index (χ2n) is 10.9. The van der Waals surface area contributed by atoms with Gasteiger partial charge in [-0.2, -0.15) is 0 Å². The van der Waals surface area contributed by atoms with Gasteiger partial charge in [0.25, 0.3) is 0 Å². The molecule has 0 saturated carbocycles. The molecule has 0 amide bonds. The Morgan fingerprint density at radius 3 is 1.23 bits per heavy atom. The van der Waals surface area contributed by atoms with Gasteiger partial charge in [0.15, 0.2) is 17.5 Å². The summed E-state index contributed by atoms with van der Waals surface area (Å²) in [6, 6.07) is 54.9. The van der Waals surface area contributed by atoms with E-state index in [1.165, 1.54) is 38.6 Å². The lowest BCUT2D eigenvalue weighted by Gasteiger charge is -2.10. The highest BCUT2D eigenvalue weighted by Crippen LogP contribution is 2.32. The van der Waals surface area contributed by atoms with Crippen LogP contribution in [0.3, 0.4) is 0 Å². The molecule has 0 radical (unpaired) electrons. The molecule has 4 heteroatoms. The van der Waals surface area contributed by atoms with Crippen molar-refractivity contribution in [2.24, 2.45) is 0 Å². The largest absolute Gasteiger partial charge is 0.309 e. The van der Waals surface area contributed by atoms with Crippen LogP contribution in [-0.2, 0) is 6.42 Å². The Hall–Kier alpha value is -5.87. The van der Waals surface area contributed by atoms with Gasteiger partial charge in [-0.05, 0) is 41.8 Å². The third-order valence-corrected chi connectivity index (χ3v) is 8.09. The van der Waals surface area contributed by atoms with Crippen molar-refractivity contribution in [2.75, 3.05) is 0 Å². The summed E-state index contributed by atoms with van der Waals surface area (Å²) in [5.74, 6) is 2.00. The molecule has 0 saturated heterocycles. The maximum Gasteiger partial charge on any atom is 0.164 e. The molecular formula is C40H28N4. The molecule has 0 bridgehead atoms. The molecule has 2 heterocycles. The minimum Gasteiger partial charge on any atom is -0.309 e. The van der Waals surface area contributed by atoms with E-state index in [0.717, 1.165) is 23.1 Å². The SMILES string of the molecule is c1ccc(-c2nc(-c3ccccc3)nc(-c3ccc(Cc4ccc(-n5c6ccccc6c6ccccc65)cc4)cc3)n2)cc1. The standard InChI is InChI=1S/C40H28N4/c1-3-11-30(12-4-1)38-41-39(31-13-5-2-6-14-31)43-40(42-38)32-23-19-28(20-24-32)27-29-21-25-33(26-22-29)44-36-17-9-7-15-34(36)35-16-8-10-18-37(35)44/h1-26H,27H2. The second-order valence-corrected chi connectivity index (χ2v) is 10.9. The molecule has 0 fully saturated rings. The molecule has 2 aromatic heterocycles. The van der Waals surface area contributed by atoms with Crippen LogP contribution in [0.5, 0.6) is 0 Å². The van der Waals surface area contributed by atoms with Crippen LogP contribution in [0.25, 0.3) is 61.7 Å². The number of nitrogens with zero attached hydrogens (tertiary/aromatic N) is 4. The molecule has 8 rings (SSSR count). The monoisotopic (exact) mass is 564 g/mol. The van der Waals surface area contributed by atoms with Gasteiger partial charge in [-0.15, -0.1) is 0 Å². The second kappa shape index (κ2) is 11.1. The normalized spacial score (nSPS) is 11.3. The molecule has 208 valence electrons. The number of rotatable bonds is 6. The molecule has 0 aliphatic heterocycles. The number of hydrogen-bond donors (Lipinski definition) is 0. The first-order chi connectivity index (χ1) is 21.8. The Kier molecular flexibility index (Phi) is 6.50. The smallest absolute Gasteiger partial charge is 0.164 e. The highest BCUT2D eigenvalue weighted by atomic mass is 15.0. The molecule has 0 aliphatic carbocycles. The number of aromatic nitrogens is 4. The van der Waals surface area contributed by atoms with E-state index in [-0.39, 0.29) is 0 Å². The van der Waals surface area contributed by atoms with E-state index >= 15 is 0 Å². The molecule has 0 unspecified atom stereocenters. The van der Waals surface area contributed by atoms with Gasteiger partial charge in [-0.25, -0.2) is 15.0 Å². The zero-order chi connectivity index (χ0) is 29.3. The lowest BCUT2D eigenvalue weighted by atomic mass is 10.0. The summed E-state index contributed by atoms with van der Waals surface area (Å²) in [7, 11) is 0. The number of hydrogen-bond acceptors (Lipinski definition) is 3. The summed E-state index contributed by atoms with van der Waals surface area (Å²) in [5, 5.41) is 2.55. The van der Waals surface area contributed by atoms with Gasteiger partial charge in [0, 0.05) is 33.2 Å². The van der Waals surface area contributed by atoms with Crippen molar-refractivity contribution in [3.8, 4) is 39.9 Å². The molecule has 6 aromatic carbocycles. The molecular weight excluding hydrogens is 536 g/mol. The van der Waals surface area contributed by atoms with Crippen LogP contribution in [0.15, 0.2) is 158 Å². The van der Waals surface area contributed by atoms with E-state index in [0.29, 0.717) is 17.5 Å². The zero-order valence-electron chi connectivity index (χ0n) is 24.0. The van der Waals surface area contributed by atoms with Gasteiger partial charge in [0.2, 0.25) is 0 Å². The Balaban J connectivity index is 1.08. The van der Waals surface area contributed by atoms with E-state index < -0.39 is 0 Å². The minimum absolute atomic E-state index is 0.666. The predicted molar refractivity (Wildman–Crippen MR) is 180 cm³/mol. The van der Waals surface area contributed by atoms with E-state index in [2.05, 4.69) is 102 Å². The van der Waals surface area contributed by atoms with Crippen molar-refractivity contribution >= 4 is 21.8 Å². The van der Waals surface area contributed by atoms with Crippen LogP contribution >= 0.6 is 0 Å². The van der Waals surface area contributed by atoms with Crippen LogP contribution in [0.2, 0.25) is 0 Å². The maximum absolute atomic E-state index is 4.87. The summed E-state index contributed by atoms with van der Waals surface area (Å²) in [6.45, 7) is 0. The highest BCUT2D eigenvalue weighted by molar-refractivity contribution is 6.09. The van der Waals surface area contributed by atoms with Gasteiger partial charge in [0.05, 0.1) is 11.0 Å². The van der Waals surface area contributed by atoms with E-state index in [9.17, 15) is 0 Å². The van der Waals surface area contributed by atoms with Gasteiger partial charge in [0.1, 0.15) is 0 Å². The summed E-state index contributed by atoms with van der Waals surface area (Å²) in [6.07, 6.45) is 0.843. The van der Waals surface area contributed by atoms with Crippen LogP contribution in [0.4, 0.5) is 0 Å². The van der Waals surface area contributed by atoms with Crippen molar-refractivity contribution in [1.29, 1.82) is 0 Å². The van der Waals surface area contributed by atoms with Crippen molar-refractivity contribution in [3.05, 3.63) is 169 Å². The Morgan fingerprint density at radius 2 is 0.750 bits per heavy atom. The summed E-state index contributed by atoms with van der Waals surface area (Å²) >= 11 is 0. The van der Waals surface area contributed by atoms with Gasteiger partial charge in [-0.3, -0.25) is 0 Å². The Labute approximate surface area is 256 Å². The van der Waals surface area contributed by atoms with Crippen LogP contribution in [-0.4, -0.2) is 19.5 Å². The average Bonchev–Trinajstić information content (AvgIpc) is 3.44. The molecule has 0 aliphatic rings. The first-order valence-electron chi connectivity index (χ1n) is 14.8. The molecule has 0 N–H and O–H groups in total. The van der Waals surface area contributed by atoms with Crippen molar-refractivity contribution in [3.63, 3.8) is 0 Å². The lowest BCUT2D eigenvalue weighted by molar-refractivity contribution is 1.07. The zero-order valence-corrected chi connectivity index (χ0v) is 24.0. The average molecular weight is 565 g/mol. The van der Waals surface area contributed by atoms with Gasteiger partial charge >= 0.3 is 0 Å². The quantitative estimate of drug-likeness (QED) is 0.202. The fourth-order valence-corrected chi connectivity index (χ4v) is 5.91. The Morgan fingerprint density at radius 1 is 0.364 bits per heavy atom. The molecule has 8 aromatic rings. The first-order valence-corrected chi connectivity index (χ1v) is 14.8. The van der Waals surface area contributed by atoms with E-state index in [4.69, 9.17) is 15.0 Å². The predicted octanol–water partition coefficient (Wildman–Crippen LogP) is 9.56. The molecule has 4 nitrogen and oxygen atoms in total. The molecule has 44 heavy (non-hydrogen) atoms. The fraction of sp³-hybridized carbons (Fsp3) is 0.0250. The van der Waals surface area contributed by atoms with Gasteiger partial charge < -0.3 is 4.57 Å². The highest BCUT2D eigenvalue weighted by Gasteiger charge is 2.13. The minimum atomic E-state index is 0.666. The third kappa shape index (κ3) is 4.83. The number of fused-ring (bicyclic) bond motifs is 3. The number of para-hydroxylation sites is 2. The Bertz CT molecular complexity index is 2110. The fourth-order valence-electron chi connectivity index (χ4n) is 5.91. The van der Waals surface area contributed by atoms with Crippen molar-refractivity contribution in [1.82, 2.24) is 19.5 Å². The first kappa shape index (κ1) is 25.8. The van der Waals surface area contributed by atoms with Crippen LogP contribution < -0.4 is 0 Å². The lowest BCUT2D eigenvalue weighted by Crippen LogP contribution is -2.00. The summed E-state index contributed by atoms with van der Waals surface area (Å²) in [5.41, 5.74) is 9.01. The summed E-state index contributed by atoms with van der Waals surface area (Å²) < 4.78 is 2.35. The van der Waals surface area contributed by atoms with Gasteiger partial charge in [-0.1, -0.05) is 133 Å². The van der Waals surface area contributed by atoms with E-state index in [1.54, 1.807) is 0 Å². The number of benzene rings is 6. The third-order valence-electron chi connectivity index (χ3n) is 8.09. The van der Waals surface area contributed by atoms with Crippen molar-refractivity contribution in [2.45, 2.75) is 6.42 Å². The van der Waals surface area contributed by atoms with Crippen LogP contribution in [0, 0.1) is 0 Å².